The Morgan fingerprint density at radius 3 is 2.35 bits per heavy atom. The Morgan fingerprint density at radius 1 is 0.978 bits per heavy atom. The largest absolute Gasteiger partial charge is 0.490 e. The number of fused-ring (bicyclic) bond motifs is 1. The summed E-state index contributed by atoms with van der Waals surface area (Å²) in [5.41, 5.74) is 6.21. The number of urea groups is 1. The first kappa shape index (κ1) is 31.9. The number of aromatic nitrogens is 3. The fourth-order valence-corrected chi connectivity index (χ4v) is 5.08. The van der Waals surface area contributed by atoms with Gasteiger partial charge in [-0.1, -0.05) is 54.6 Å². The number of carboxylic acid groups (broad SMARTS) is 1. The van der Waals surface area contributed by atoms with Crippen molar-refractivity contribution in [3.63, 3.8) is 0 Å². The average Bonchev–Trinajstić information content (AvgIpc) is 3.48. The van der Waals surface area contributed by atoms with Crippen molar-refractivity contribution in [2.24, 2.45) is 0 Å². The number of nitrogens with zero attached hydrogens (tertiary/aromatic N) is 3. The molecule has 1 fully saturated rings. The predicted molar refractivity (Wildman–Crippen MR) is 167 cm³/mol. The first-order chi connectivity index (χ1) is 22.1. The van der Waals surface area contributed by atoms with E-state index in [0.29, 0.717) is 10.9 Å². The lowest BCUT2D eigenvalue weighted by Crippen LogP contribution is -2.39. The van der Waals surface area contributed by atoms with E-state index in [1.807, 2.05) is 42.5 Å². The number of carbonyl (C=O) groups excluding carboxylic acids is 1. The molecule has 1 unspecified atom stereocenters. The maximum absolute atomic E-state index is 12.5. The maximum atomic E-state index is 12.5. The number of likely N-dealkylation sites (tertiary alicyclic amines) is 1. The molecule has 4 N–H and O–H groups in total. The molecule has 1 aliphatic rings. The molecule has 0 bridgehead atoms. The molecular weight excluding hydrogens is 601 g/mol. The van der Waals surface area contributed by atoms with E-state index in [-0.39, 0.29) is 17.6 Å². The van der Waals surface area contributed by atoms with E-state index in [2.05, 4.69) is 49.8 Å². The Labute approximate surface area is 260 Å². The lowest BCUT2D eigenvalue weighted by atomic mass is 9.97. The van der Waals surface area contributed by atoms with Gasteiger partial charge in [0.15, 0.2) is 0 Å². The zero-order valence-electron chi connectivity index (χ0n) is 24.3. The number of anilines is 1. The third-order valence-corrected chi connectivity index (χ3v) is 7.26. The minimum Gasteiger partial charge on any atom is -0.475 e. The average molecular weight is 631 g/mol. The molecule has 1 atom stereocenters. The normalized spacial score (nSPS) is 14.7. The van der Waals surface area contributed by atoms with Crippen LogP contribution in [0.15, 0.2) is 102 Å². The van der Waals surface area contributed by atoms with Crippen molar-refractivity contribution in [1.82, 2.24) is 25.2 Å². The lowest BCUT2D eigenvalue weighted by molar-refractivity contribution is -0.192. The van der Waals surface area contributed by atoms with Gasteiger partial charge in [-0.05, 0) is 41.8 Å². The molecule has 236 valence electrons. The van der Waals surface area contributed by atoms with Crippen LogP contribution in [0.3, 0.4) is 0 Å². The molecule has 0 aliphatic carbocycles. The Kier molecular flexibility index (Phi) is 9.72. The van der Waals surface area contributed by atoms with Gasteiger partial charge in [-0.15, -0.1) is 0 Å². The van der Waals surface area contributed by atoms with Crippen LogP contribution in [0.5, 0.6) is 0 Å². The molecule has 2 amide bonds. The zero-order chi connectivity index (χ0) is 32.7. The number of pyridine rings is 3. The highest BCUT2D eigenvalue weighted by Gasteiger charge is 2.38. The smallest absolute Gasteiger partial charge is 0.475 e. The van der Waals surface area contributed by atoms with E-state index < -0.39 is 12.1 Å². The predicted octanol–water partition coefficient (Wildman–Crippen LogP) is 5.68. The van der Waals surface area contributed by atoms with Crippen molar-refractivity contribution in [3.8, 4) is 22.4 Å². The van der Waals surface area contributed by atoms with Crippen molar-refractivity contribution < 1.29 is 27.9 Å². The van der Waals surface area contributed by atoms with E-state index in [1.165, 1.54) is 5.56 Å². The number of carbonyl (C=O) groups is 2. The lowest BCUT2D eigenvalue weighted by Gasteiger charge is -2.17. The quantitative estimate of drug-likeness (QED) is 0.189. The standard InChI is InChI=1S/C31H28N6O2.C2HF3O2/c38-30-27-18-26(22-4-2-1-3-5-22)29(36-28(27)12-16-33-30)23-8-6-21(7-9-23)19-37-17-13-25(20-37)35-31(39)34-24-10-14-32-15-11-24;3-2(4,5)1(6)7/h1-12,14-16,18,25H,13,17,19-20H2,(H,33,38)(H2,32,34,35,39);(H,6,7). The SMILES string of the molecule is O=C(Nc1ccncc1)NC1CCN(Cc2ccc(-c3nc4cc[nH]c(=O)c4cc3-c3ccccc3)cc2)C1.O=C(O)C(F)(F)F. The van der Waals surface area contributed by atoms with Crippen LogP contribution in [-0.4, -0.2) is 62.3 Å². The van der Waals surface area contributed by atoms with Gasteiger partial charge < -0.3 is 20.7 Å². The van der Waals surface area contributed by atoms with E-state index >= 15 is 0 Å². The van der Waals surface area contributed by atoms with Crippen molar-refractivity contribution in [3.05, 3.63) is 113 Å². The topological polar surface area (TPSA) is 140 Å². The summed E-state index contributed by atoms with van der Waals surface area (Å²) in [4.78, 5) is 47.7. The number of alkyl halides is 3. The molecule has 46 heavy (non-hydrogen) atoms. The summed E-state index contributed by atoms with van der Waals surface area (Å²) in [6.07, 6.45) is 0.756. The molecule has 0 spiro atoms. The molecule has 13 heteroatoms. The summed E-state index contributed by atoms with van der Waals surface area (Å²) in [6.45, 7) is 2.52. The molecule has 2 aromatic carbocycles. The minimum absolute atomic E-state index is 0.101. The number of aliphatic carboxylic acids is 1. The van der Waals surface area contributed by atoms with Gasteiger partial charge in [0.05, 0.1) is 16.6 Å². The van der Waals surface area contributed by atoms with Crippen molar-refractivity contribution in [2.75, 3.05) is 18.4 Å². The van der Waals surface area contributed by atoms with Crippen LogP contribution in [-0.2, 0) is 11.3 Å². The number of aromatic amines is 1. The highest BCUT2D eigenvalue weighted by molar-refractivity contribution is 5.91. The first-order valence-electron chi connectivity index (χ1n) is 14.2. The third kappa shape index (κ3) is 8.12. The van der Waals surface area contributed by atoms with Gasteiger partial charge in [-0.3, -0.25) is 14.7 Å². The summed E-state index contributed by atoms with van der Waals surface area (Å²) < 4.78 is 31.7. The van der Waals surface area contributed by atoms with Gasteiger partial charge in [-0.2, -0.15) is 13.2 Å². The number of hydrogen-bond donors (Lipinski definition) is 4. The second kappa shape index (κ2) is 14.0. The van der Waals surface area contributed by atoms with Crippen LogP contribution in [0.2, 0.25) is 0 Å². The fraction of sp³-hybridized carbons (Fsp3) is 0.182. The molecule has 5 aromatic rings. The number of H-pyrrole nitrogens is 1. The molecule has 0 saturated carbocycles. The molecule has 10 nitrogen and oxygen atoms in total. The molecular formula is C33H29F3N6O4. The Bertz CT molecular complexity index is 1870. The van der Waals surface area contributed by atoms with E-state index in [1.54, 1.807) is 30.7 Å². The van der Waals surface area contributed by atoms with Gasteiger partial charge in [0.1, 0.15) is 0 Å². The van der Waals surface area contributed by atoms with Crippen molar-refractivity contribution in [1.29, 1.82) is 0 Å². The number of hydrogen-bond acceptors (Lipinski definition) is 6. The molecule has 1 aliphatic heterocycles. The summed E-state index contributed by atoms with van der Waals surface area (Å²) in [6, 6.07) is 25.7. The van der Waals surface area contributed by atoms with Crippen LogP contribution >= 0.6 is 0 Å². The van der Waals surface area contributed by atoms with Crippen LogP contribution < -0.4 is 16.2 Å². The van der Waals surface area contributed by atoms with Crippen LogP contribution in [0.4, 0.5) is 23.7 Å². The first-order valence-corrected chi connectivity index (χ1v) is 14.2. The second-order valence-electron chi connectivity index (χ2n) is 10.5. The Balaban J connectivity index is 0.000000537. The summed E-state index contributed by atoms with van der Waals surface area (Å²) in [5, 5.41) is 13.6. The highest BCUT2D eigenvalue weighted by Crippen LogP contribution is 2.33. The van der Waals surface area contributed by atoms with Gasteiger partial charge in [0.25, 0.3) is 5.56 Å². The van der Waals surface area contributed by atoms with E-state index in [9.17, 15) is 22.8 Å². The van der Waals surface area contributed by atoms with Crippen molar-refractivity contribution >= 4 is 28.6 Å². The zero-order valence-corrected chi connectivity index (χ0v) is 24.3. The van der Waals surface area contributed by atoms with E-state index in [4.69, 9.17) is 14.9 Å². The molecule has 4 heterocycles. The van der Waals surface area contributed by atoms with Crippen LogP contribution in [0, 0.1) is 0 Å². The Hall–Kier alpha value is -5.56. The summed E-state index contributed by atoms with van der Waals surface area (Å²) in [5.74, 6) is -2.76. The molecule has 3 aromatic heterocycles. The molecule has 6 rings (SSSR count). The van der Waals surface area contributed by atoms with Crippen LogP contribution in [0.1, 0.15) is 12.0 Å². The molecule has 1 saturated heterocycles. The maximum Gasteiger partial charge on any atom is 0.490 e. The number of nitrogens with one attached hydrogen (secondary N) is 3. The van der Waals surface area contributed by atoms with Gasteiger partial charge in [0, 0.05) is 61.1 Å². The number of carboxylic acids is 1. The van der Waals surface area contributed by atoms with Gasteiger partial charge >= 0.3 is 18.2 Å². The van der Waals surface area contributed by atoms with Crippen LogP contribution in [0.25, 0.3) is 33.3 Å². The van der Waals surface area contributed by atoms with E-state index in [0.717, 1.165) is 54.1 Å². The number of benzene rings is 2. The minimum atomic E-state index is -5.08. The number of amides is 2. The molecule has 0 radical (unpaired) electrons. The monoisotopic (exact) mass is 630 g/mol. The highest BCUT2D eigenvalue weighted by atomic mass is 19.4. The number of halogens is 3. The Morgan fingerprint density at radius 2 is 1.67 bits per heavy atom. The second-order valence-corrected chi connectivity index (χ2v) is 10.5. The summed E-state index contributed by atoms with van der Waals surface area (Å²) in [7, 11) is 0. The van der Waals surface area contributed by atoms with Crippen molar-refractivity contribution in [2.45, 2.75) is 25.2 Å². The van der Waals surface area contributed by atoms with Gasteiger partial charge in [0.2, 0.25) is 0 Å². The number of rotatable bonds is 6. The third-order valence-electron chi connectivity index (χ3n) is 7.26. The fourth-order valence-electron chi connectivity index (χ4n) is 5.08. The van der Waals surface area contributed by atoms with Gasteiger partial charge in [-0.25, -0.2) is 14.6 Å². The summed E-state index contributed by atoms with van der Waals surface area (Å²) >= 11 is 0.